The van der Waals surface area contributed by atoms with Gasteiger partial charge in [0.25, 0.3) is 0 Å². The molecule has 3 aromatic heterocycles. The molecule has 0 aromatic carbocycles. The first kappa shape index (κ1) is 21.7. The molecular weight excluding hydrogens is 406 g/mol. The summed E-state index contributed by atoms with van der Waals surface area (Å²) in [7, 11) is 0. The molecular formula is C28H35N5. The van der Waals surface area contributed by atoms with Gasteiger partial charge >= 0.3 is 0 Å². The molecule has 1 saturated carbocycles. The van der Waals surface area contributed by atoms with E-state index in [9.17, 15) is 0 Å². The van der Waals surface area contributed by atoms with Gasteiger partial charge in [0.15, 0.2) is 0 Å². The van der Waals surface area contributed by atoms with Crippen molar-refractivity contribution in [1.82, 2.24) is 19.9 Å². The molecule has 172 valence electrons. The van der Waals surface area contributed by atoms with Crippen molar-refractivity contribution in [2.75, 3.05) is 18.4 Å². The zero-order valence-corrected chi connectivity index (χ0v) is 20.3. The average Bonchev–Trinajstić information content (AvgIpc) is 3.09. The van der Waals surface area contributed by atoms with E-state index < -0.39 is 0 Å². The van der Waals surface area contributed by atoms with Crippen LogP contribution in [0.15, 0.2) is 48.3 Å². The third-order valence-electron chi connectivity index (χ3n) is 7.11. The Morgan fingerprint density at radius 3 is 2.79 bits per heavy atom. The maximum Gasteiger partial charge on any atom is 0.0942 e. The fraction of sp³-hybridized carbons (Fsp3) is 0.429. The summed E-state index contributed by atoms with van der Waals surface area (Å²) in [5.41, 5.74) is 10.8. The van der Waals surface area contributed by atoms with Crippen LogP contribution in [-0.4, -0.2) is 27.6 Å². The predicted molar refractivity (Wildman–Crippen MR) is 138 cm³/mol. The molecule has 0 unspecified atom stereocenters. The second-order valence-electron chi connectivity index (χ2n) is 9.59. The van der Waals surface area contributed by atoms with E-state index >= 15 is 0 Å². The fourth-order valence-corrected chi connectivity index (χ4v) is 5.24. The van der Waals surface area contributed by atoms with E-state index in [-0.39, 0.29) is 0 Å². The number of anilines is 1. The molecule has 0 bridgehead atoms. The number of nitrogens with zero attached hydrogens (tertiary/aromatic N) is 3. The standard InChI is InChI=1S/C28H35N5/c1-5-25-19(4)26-28(33(25)18(2)3)24(31-17-20-9-7-13-29-16-20)15-23(32-26)22-12-8-14-30-27(22)21-10-6-11-21/h7-9,12,14-16,18,21,29H,5-6,10-11,13,17H2,1-4H3,(H,31,32). The second-order valence-corrected chi connectivity index (χ2v) is 9.59. The summed E-state index contributed by atoms with van der Waals surface area (Å²) < 4.78 is 2.48. The summed E-state index contributed by atoms with van der Waals surface area (Å²) in [6.07, 6.45) is 13.1. The molecule has 0 saturated heterocycles. The van der Waals surface area contributed by atoms with E-state index in [0.717, 1.165) is 36.4 Å². The molecule has 1 fully saturated rings. The van der Waals surface area contributed by atoms with E-state index in [2.05, 4.69) is 73.4 Å². The van der Waals surface area contributed by atoms with E-state index in [1.807, 2.05) is 12.3 Å². The molecule has 0 amide bonds. The Morgan fingerprint density at radius 2 is 2.12 bits per heavy atom. The van der Waals surface area contributed by atoms with Crippen LogP contribution in [-0.2, 0) is 6.42 Å². The first-order valence-electron chi connectivity index (χ1n) is 12.4. The van der Waals surface area contributed by atoms with Gasteiger partial charge in [-0.3, -0.25) is 4.98 Å². The number of aromatic nitrogens is 3. The van der Waals surface area contributed by atoms with E-state index in [1.165, 1.54) is 52.9 Å². The van der Waals surface area contributed by atoms with Crippen molar-refractivity contribution in [3.8, 4) is 11.3 Å². The number of aryl methyl sites for hydroxylation is 1. The van der Waals surface area contributed by atoms with Gasteiger partial charge in [0.05, 0.1) is 28.1 Å². The molecule has 0 radical (unpaired) electrons. The first-order chi connectivity index (χ1) is 16.1. The van der Waals surface area contributed by atoms with Crippen molar-refractivity contribution < 1.29 is 0 Å². The average molecular weight is 442 g/mol. The first-order valence-corrected chi connectivity index (χ1v) is 12.4. The highest BCUT2D eigenvalue weighted by Crippen LogP contribution is 2.41. The van der Waals surface area contributed by atoms with Crippen LogP contribution in [0.3, 0.4) is 0 Å². The minimum absolute atomic E-state index is 0.365. The zero-order chi connectivity index (χ0) is 22.9. The van der Waals surface area contributed by atoms with Gasteiger partial charge < -0.3 is 15.2 Å². The summed E-state index contributed by atoms with van der Waals surface area (Å²) in [4.78, 5) is 10.1. The Hall–Kier alpha value is -3.08. The van der Waals surface area contributed by atoms with Crippen LogP contribution in [0, 0.1) is 6.92 Å². The highest BCUT2D eigenvalue weighted by molar-refractivity contribution is 5.95. The molecule has 0 spiro atoms. The van der Waals surface area contributed by atoms with Crippen LogP contribution in [0.1, 0.15) is 68.9 Å². The Kier molecular flexibility index (Phi) is 5.96. The maximum absolute atomic E-state index is 5.27. The van der Waals surface area contributed by atoms with E-state index in [0.29, 0.717) is 12.0 Å². The number of rotatable bonds is 7. The summed E-state index contributed by atoms with van der Waals surface area (Å²) in [6.45, 7) is 10.7. The Bertz CT molecular complexity index is 1230. The highest BCUT2D eigenvalue weighted by atomic mass is 15.1. The lowest BCUT2D eigenvalue weighted by atomic mass is 9.80. The maximum atomic E-state index is 5.27. The van der Waals surface area contributed by atoms with Crippen molar-refractivity contribution in [2.24, 2.45) is 0 Å². The van der Waals surface area contributed by atoms with Crippen LogP contribution < -0.4 is 10.6 Å². The molecule has 5 heteroatoms. The van der Waals surface area contributed by atoms with Crippen LogP contribution in [0.5, 0.6) is 0 Å². The lowest BCUT2D eigenvalue weighted by Crippen LogP contribution is -2.15. The van der Waals surface area contributed by atoms with Crippen molar-refractivity contribution in [1.29, 1.82) is 0 Å². The van der Waals surface area contributed by atoms with Gasteiger partial charge in [0.1, 0.15) is 0 Å². The van der Waals surface area contributed by atoms with Crippen molar-refractivity contribution in [3.63, 3.8) is 0 Å². The SMILES string of the molecule is CCc1c(C)c2nc(-c3cccnc3C3CCC3)cc(NCC3=CNCC=C3)c2n1C(C)C. The molecule has 5 rings (SSSR count). The van der Waals surface area contributed by atoms with Gasteiger partial charge in [-0.1, -0.05) is 25.5 Å². The number of nitrogens with one attached hydrogen (secondary N) is 2. The largest absolute Gasteiger partial charge is 0.387 e. The third-order valence-corrected chi connectivity index (χ3v) is 7.11. The Balaban J connectivity index is 1.68. The Morgan fingerprint density at radius 1 is 1.27 bits per heavy atom. The fourth-order valence-electron chi connectivity index (χ4n) is 5.24. The second kappa shape index (κ2) is 9.05. The summed E-state index contributed by atoms with van der Waals surface area (Å²) in [6, 6.07) is 6.86. The molecule has 5 nitrogen and oxygen atoms in total. The van der Waals surface area contributed by atoms with Crippen molar-refractivity contribution >= 4 is 16.7 Å². The van der Waals surface area contributed by atoms with Crippen LogP contribution >= 0.6 is 0 Å². The molecule has 4 heterocycles. The Labute approximate surface area is 197 Å². The van der Waals surface area contributed by atoms with Crippen LogP contribution in [0.25, 0.3) is 22.3 Å². The number of dihydropyridines is 1. The zero-order valence-electron chi connectivity index (χ0n) is 20.3. The molecule has 2 aliphatic rings. The van der Waals surface area contributed by atoms with Gasteiger partial charge in [0, 0.05) is 48.7 Å². The summed E-state index contributed by atoms with van der Waals surface area (Å²) >= 11 is 0. The van der Waals surface area contributed by atoms with Crippen molar-refractivity contribution in [3.05, 3.63) is 65.3 Å². The lowest BCUT2D eigenvalue weighted by Gasteiger charge is -2.26. The minimum Gasteiger partial charge on any atom is -0.387 e. The summed E-state index contributed by atoms with van der Waals surface area (Å²) in [5.74, 6) is 0.561. The normalized spacial score (nSPS) is 16.1. The van der Waals surface area contributed by atoms with Gasteiger partial charge in [-0.15, -0.1) is 0 Å². The third kappa shape index (κ3) is 3.94. The van der Waals surface area contributed by atoms with Gasteiger partial charge in [-0.2, -0.15) is 0 Å². The quantitative estimate of drug-likeness (QED) is 0.453. The van der Waals surface area contributed by atoms with Gasteiger partial charge in [-0.25, -0.2) is 4.98 Å². The number of hydrogen-bond donors (Lipinski definition) is 2. The molecule has 1 aliphatic carbocycles. The van der Waals surface area contributed by atoms with Crippen LogP contribution in [0.4, 0.5) is 5.69 Å². The van der Waals surface area contributed by atoms with Crippen LogP contribution in [0.2, 0.25) is 0 Å². The number of pyridine rings is 2. The molecule has 33 heavy (non-hydrogen) atoms. The highest BCUT2D eigenvalue weighted by Gasteiger charge is 2.26. The van der Waals surface area contributed by atoms with Gasteiger partial charge in [-0.05, 0) is 69.4 Å². The summed E-state index contributed by atoms with van der Waals surface area (Å²) in [5, 5.41) is 7.08. The topological polar surface area (TPSA) is 54.8 Å². The van der Waals surface area contributed by atoms with E-state index in [4.69, 9.17) is 9.97 Å². The molecule has 1 aliphatic heterocycles. The molecule has 2 N–H and O–H groups in total. The van der Waals surface area contributed by atoms with Crippen molar-refractivity contribution in [2.45, 2.75) is 65.3 Å². The predicted octanol–water partition coefficient (Wildman–Crippen LogP) is 6.27. The van der Waals surface area contributed by atoms with E-state index in [1.54, 1.807) is 0 Å². The number of fused-ring (bicyclic) bond motifs is 1. The monoisotopic (exact) mass is 441 g/mol. The number of hydrogen-bond acceptors (Lipinski definition) is 4. The van der Waals surface area contributed by atoms with Gasteiger partial charge in [0.2, 0.25) is 0 Å². The molecule has 0 atom stereocenters. The smallest absolute Gasteiger partial charge is 0.0942 e. The lowest BCUT2D eigenvalue weighted by molar-refractivity contribution is 0.412. The minimum atomic E-state index is 0.365. The molecule has 3 aromatic rings.